The number of hydrogen-bond acceptors (Lipinski definition) is 7. The average Bonchev–Trinajstić information content (AvgIpc) is 1.75. The Morgan fingerprint density at radius 2 is 0.688 bits per heavy atom. The van der Waals surface area contributed by atoms with Crippen LogP contribution in [0.15, 0.2) is 314 Å². The van der Waals surface area contributed by atoms with E-state index >= 15 is 0 Å². The van der Waals surface area contributed by atoms with Crippen molar-refractivity contribution in [3.63, 3.8) is 0 Å². The first-order valence-corrected chi connectivity index (χ1v) is 31.8. The zero-order valence-corrected chi connectivity index (χ0v) is 52.4. The monoisotopic (exact) mass is 1230 g/mol. The van der Waals surface area contributed by atoms with E-state index < -0.39 is 0 Å². The first-order valence-electron chi connectivity index (χ1n) is 31.8. The SMILES string of the molecule is [C-]#[N+]/C(=C(/C#N)c1ccc(N(c2ccc(-c3ccc(C)cc3)cc2)c2ccc(-c3ccc(N=C4Nc5cccc6cccc4c56)nc3)cc2)cc1)c1ccc(N(c2ccc(-c3ccc(C)cc3)cc2)c2ccc(-c3ccc(N=C4Nc5cccc6cccc4c56)nc3)cc2)cc1. The van der Waals surface area contributed by atoms with Gasteiger partial charge in [0.25, 0.3) is 0 Å². The van der Waals surface area contributed by atoms with E-state index in [2.05, 4.69) is 276 Å². The number of amidine groups is 2. The van der Waals surface area contributed by atoms with Crippen LogP contribution in [0.3, 0.4) is 0 Å². The number of aryl methyl sites for hydroxylation is 2. The number of nitrogens with one attached hydrogen (secondary N) is 2. The van der Waals surface area contributed by atoms with Crippen LogP contribution in [0.4, 0.5) is 57.1 Å². The first kappa shape index (κ1) is 57.8. The van der Waals surface area contributed by atoms with Gasteiger partial charge in [-0.3, -0.25) is 0 Å². The molecule has 0 radical (unpaired) electrons. The van der Waals surface area contributed by atoms with Gasteiger partial charge in [-0.15, -0.1) is 0 Å². The van der Waals surface area contributed by atoms with E-state index in [1.54, 1.807) is 0 Å². The highest BCUT2D eigenvalue weighted by Crippen LogP contribution is 2.42. The van der Waals surface area contributed by atoms with Gasteiger partial charge >= 0.3 is 0 Å². The highest BCUT2D eigenvalue weighted by molar-refractivity contribution is 6.27. The molecule has 12 aromatic carbocycles. The predicted octanol–water partition coefficient (Wildman–Crippen LogP) is 22.3. The minimum absolute atomic E-state index is 0.260. The van der Waals surface area contributed by atoms with Crippen molar-refractivity contribution in [2.75, 3.05) is 20.4 Å². The van der Waals surface area contributed by atoms with Crippen LogP contribution >= 0.6 is 0 Å². The van der Waals surface area contributed by atoms with Crippen LogP contribution in [0.2, 0.25) is 0 Å². The second kappa shape index (κ2) is 24.7. The minimum atomic E-state index is 0.260. The molecule has 2 N–H and O–H groups in total. The van der Waals surface area contributed by atoms with E-state index in [1.807, 2.05) is 73.1 Å². The molecule has 0 amide bonds. The Labute approximate surface area is 556 Å². The zero-order valence-electron chi connectivity index (χ0n) is 52.4. The minimum Gasteiger partial charge on any atom is -0.339 e. The topological polar surface area (TPSA) is 109 Å². The van der Waals surface area contributed by atoms with Crippen LogP contribution in [0.1, 0.15) is 33.4 Å². The molecule has 16 rings (SSSR count). The summed E-state index contributed by atoms with van der Waals surface area (Å²) in [7, 11) is 0. The van der Waals surface area contributed by atoms with Crippen molar-refractivity contribution >= 4 is 102 Å². The molecule has 0 bridgehead atoms. The summed E-state index contributed by atoms with van der Waals surface area (Å²) in [4.78, 5) is 27.9. The van der Waals surface area contributed by atoms with Crippen molar-refractivity contribution in [1.82, 2.24) is 9.97 Å². The van der Waals surface area contributed by atoms with E-state index in [0.29, 0.717) is 22.8 Å². The third kappa shape index (κ3) is 11.1. The van der Waals surface area contributed by atoms with Crippen LogP contribution in [-0.2, 0) is 0 Å². The Balaban J connectivity index is 0.679. The Kier molecular flexibility index (Phi) is 14.9. The van der Waals surface area contributed by atoms with Crippen molar-refractivity contribution < 1.29 is 0 Å². The molecule has 0 saturated heterocycles. The molecule has 0 saturated carbocycles. The summed E-state index contributed by atoms with van der Waals surface area (Å²) in [5.41, 5.74) is 22.5. The fraction of sp³-hybridized carbons (Fsp3) is 0.0233. The number of aliphatic imine (C=N–C) groups is 2. The molecule has 452 valence electrons. The summed E-state index contributed by atoms with van der Waals surface area (Å²) in [5, 5.41) is 22.6. The summed E-state index contributed by atoms with van der Waals surface area (Å²) in [6.45, 7) is 12.8. The van der Waals surface area contributed by atoms with Gasteiger partial charge in [0.2, 0.25) is 5.70 Å². The molecule has 2 aromatic heterocycles. The average molecular weight is 1230 g/mol. The summed E-state index contributed by atoms with van der Waals surface area (Å²) in [6, 6.07) is 103. The third-order valence-corrected chi connectivity index (χ3v) is 18.0. The van der Waals surface area contributed by atoms with Crippen molar-refractivity contribution in [3.8, 4) is 50.6 Å². The molecule has 2 aliphatic rings. The number of nitriles is 1. The second-order valence-corrected chi connectivity index (χ2v) is 24.0. The van der Waals surface area contributed by atoms with E-state index in [9.17, 15) is 5.26 Å². The number of rotatable bonds is 14. The molecular weight excluding hydrogens is 1170 g/mol. The molecule has 14 aromatic rings. The molecule has 0 aliphatic carbocycles. The lowest BCUT2D eigenvalue weighted by atomic mass is 9.99. The van der Waals surface area contributed by atoms with Gasteiger partial charge in [-0.05, 0) is 178 Å². The van der Waals surface area contributed by atoms with E-state index in [0.717, 1.165) is 113 Å². The van der Waals surface area contributed by atoms with Crippen LogP contribution in [-0.4, -0.2) is 21.6 Å². The fourth-order valence-corrected chi connectivity index (χ4v) is 13.0. The summed E-state index contributed by atoms with van der Waals surface area (Å²) < 4.78 is 0. The highest BCUT2D eigenvalue weighted by atomic mass is 15.1. The maximum Gasteiger partial charge on any atom is 0.212 e. The summed E-state index contributed by atoms with van der Waals surface area (Å²) in [6.07, 6.45) is 3.74. The van der Waals surface area contributed by atoms with Gasteiger partial charge in [0, 0.05) is 90.9 Å². The number of nitrogens with zero attached hydrogens (tertiary/aromatic N) is 8. The Morgan fingerprint density at radius 1 is 0.375 bits per heavy atom. The lowest BCUT2D eigenvalue weighted by Gasteiger charge is -2.26. The number of hydrogen-bond donors (Lipinski definition) is 2. The van der Waals surface area contributed by atoms with Crippen LogP contribution in [0, 0.1) is 31.8 Å². The predicted molar refractivity (Wildman–Crippen MR) is 396 cm³/mol. The molecule has 96 heavy (non-hydrogen) atoms. The van der Waals surface area contributed by atoms with Crippen molar-refractivity contribution in [3.05, 3.63) is 348 Å². The second-order valence-electron chi connectivity index (χ2n) is 24.0. The lowest BCUT2D eigenvalue weighted by molar-refractivity contribution is 1.27. The molecule has 0 atom stereocenters. The normalized spacial score (nSPS) is 13.0. The van der Waals surface area contributed by atoms with Crippen molar-refractivity contribution in [2.24, 2.45) is 9.98 Å². The summed E-state index contributed by atoms with van der Waals surface area (Å²) in [5.74, 6) is 2.81. The van der Waals surface area contributed by atoms with Crippen molar-refractivity contribution in [1.29, 1.82) is 5.26 Å². The van der Waals surface area contributed by atoms with Gasteiger partial charge in [0.15, 0.2) is 11.6 Å². The number of pyridine rings is 2. The highest BCUT2D eigenvalue weighted by Gasteiger charge is 2.23. The molecule has 0 fully saturated rings. The number of allylic oxidation sites excluding steroid dienone is 1. The lowest BCUT2D eigenvalue weighted by Crippen LogP contribution is -2.10. The quantitative estimate of drug-likeness (QED) is 0.0634. The van der Waals surface area contributed by atoms with Gasteiger partial charge in [-0.1, -0.05) is 193 Å². The van der Waals surface area contributed by atoms with Gasteiger partial charge in [-0.2, -0.15) is 5.26 Å². The fourth-order valence-electron chi connectivity index (χ4n) is 13.0. The van der Waals surface area contributed by atoms with Crippen LogP contribution in [0.25, 0.3) is 82.2 Å². The summed E-state index contributed by atoms with van der Waals surface area (Å²) >= 11 is 0. The van der Waals surface area contributed by atoms with E-state index in [1.165, 1.54) is 32.7 Å². The standard InChI is InChI=1S/C86H58N10/c1-55-16-20-57(21-17-55)59-24-38-69(39-25-59)95(71-42-28-61(29-43-71)67-36-50-80(89-53-67)93-85-75-12-4-8-64-10-6-14-78(91-85)82(64)75)73-46-32-63(33-47-73)77(52-87)84(88-3)66-34-48-74(49-35-66)96(70-40-26-60(27-41-70)58-22-18-56(2)19-23-58)72-44-30-62(31-45-72)68-37-51-81(90-54-68)94-86-76-13-5-9-65-11-7-15-79(92-86)83(65)76/h4-51,53-54H,1-2H3,(H,89,91,93)(H,90,92,94)/b84-77-. The maximum absolute atomic E-state index is 11.0. The largest absolute Gasteiger partial charge is 0.339 e. The van der Waals surface area contributed by atoms with Gasteiger partial charge < -0.3 is 20.4 Å². The Hall–Kier alpha value is -13.3. The van der Waals surface area contributed by atoms with E-state index in [4.69, 9.17) is 26.5 Å². The first-order chi connectivity index (χ1) is 47.2. The molecular formula is C86H58N10. The molecule has 10 nitrogen and oxygen atoms in total. The molecule has 0 spiro atoms. The van der Waals surface area contributed by atoms with E-state index in [-0.39, 0.29) is 11.3 Å². The number of anilines is 8. The van der Waals surface area contributed by atoms with Crippen LogP contribution in [0.5, 0.6) is 0 Å². The van der Waals surface area contributed by atoms with Gasteiger partial charge in [0.1, 0.15) is 11.7 Å². The van der Waals surface area contributed by atoms with Crippen molar-refractivity contribution in [2.45, 2.75) is 13.8 Å². The smallest absolute Gasteiger partial charge is 0.212 e. The number of benzene rings is 12. The molecule has 0 unspecified atom stereocenters. The molecule has 2 aliphatic heterocycles. The Morgan fingerprint density at radius 3 is 1.02 bits per heavy atom. The third-order valence-electron chi connectivity index (χ3n) is 18.0. The number of aromatic nitrogens is 2. The van der Waals surface area contributed by atoms with Gasteiger partial charge in [-0.25, -0.2) is 24.8 Å². The Bertz CT molecular complexity index is 5120. The molecule has 10 heteroatoms. The maximum atomic E-state index is 11.0. The van der Waals surface area contributed by atoms with Crippen LogP contribution < -0.4 is 20.4 Å². The van der Waals surface area contributed by atoms with Gasteiger partial charge in [0.05, 0.1) is 18.2 Å². The zero-order chi connectivity index (χ0) is 64.6. The molecule has 4 heterocycles.